The van der Waals surface area contributed by atoms with Gasteiger partial charge in [0, 0.05) is 16.9 Å². The summed E-state index contributed by atoms with van der Waals surface area (Å²) in [7, 11) is 0. The minimum Gasteiger partial charge on any atom is -0.299 e. The van der Waals surface area contributed by atoms with E-state index in [2.05, 4.69) is 0 Å². The quantitative estimate of drug-likeness (QED) is 0.575. The van der Waals surface area contributed by atoms with Gasteiger partial charge in [-0.3, -0.25) is 9.59 Å². The minimum atomic E-state index is -0.0396. The van der Waals surface area contributed by atoms with Crippen molar-refractivity contribution in [1.29, 1.82) is 0 Å². The van der Waals surface area contributed by atoms with Crippen LogP contribution in [0.25, 0.3) is 0 Å². The Balaban J connectivity index is 2.68. The monoisotopic (exact) mass is 264 g/mol. The fourth-order valence-electron chi connectivity index (χ4n) is 1.50. The van der Waals surface area contributed by atoms with Gasteiger partial charge in [-0.25, -0.2) is 0 Å². The predicted molar refractivity (Wildman–Crippen MR) is 76.2 cm³/mol. The molecule has 1 aromatic rings. The second-order valence-corrected chi connectivity index (χ2v) is 6.33. The van der Waals surface area contributed by atoms with Gasteiger partial charge in [-0.15, -0.1) is 11.8 Å². The Morgan fingerprint density at radius 2 is 1.67 bits per heavy atom. The average Bonchev–Trinajstić information content (AvgIpc) is 2.28. The number of carbonyl (C=O) groups excluding carboxylic acids is 2. The first-order valence-electron chi connectivity index (χ1n) is 6.20. The van der Waals surface area contributed by atoms with Crippen LogP contribution in [0.3, 0.4) is 0 Å². The van der Waals surface area contributed by atoms with Gasteiger partial charge in [-0.1, -0.05) is 26.0 Å². The van der Waals surface area contributed by atoms with E-state index in [4.69, 9.17) is 0 Å². The van der Waals surface area contributed by atoms with Gasteiger partial charge in [0.25, 0.3) is 0 Å². The fourth-order valence-corrected chi connectivity index (χ4v) is 2.36. The zero-order valence-electron chi connectivity index (χ0n) is 11.4. The highest BCUT2D eigenvalue weighted by atomic mass is 32.2. The molecular weight excluding hydrogens is 244 g/mol. The summed E-state index contributed by atoms with van der Waals surface area (Å²) in [6, 6.07) is 7.52. The van der Waals surface area contributed by atoms with Crippen molar-refractivity contribution in [3.8, 4) is 0 Å². The summed E-state index contributed by atoms with van der Waals surface area (Å²) >= 11 is 1.53. The first kappa shape index (κ1) is 15.0. The summed E-state index contributed by atoms with van der Waals surface area (Å²) < 4.78 is 0. The second kappa shape index (κ2) is 6.74. The fraction of sp³-hybridized carbons (Fsp3) is 0.467. The molecule has 0 saturated carbocycles. The molecule has 0 aromatic heterocycles. The molecule has 0 bridgehead atoms. The van der Waals surface area contributed by atoms with E-state index >= 15 is 0 Å². The van der Waals surface area contributed by atoms with E-state index in [1.165, 1.54) is 11.8 Å². The van der Waals surface area contributed by atoms with Crippen molar-refractivity contribution in [3.05, 3.63) is 29.8 Å². The van der Waals surface area contributed by atoms with E-state index in [0.717, 1.165) is 10.5 Å². The maximum Gasteiger partial charge on any atom is 0.163 e. The highest BCUT2D eigenvalue weighted by Crippen LogP contribution is 2.24. The largest absolute Gasteiger partial charge is 0.299 e. The van der Waals surface area contributed by atoms with Crippen molar-refractivity contribution in [2.45, 2.75) is 44.3 Å². The molecule has 0 aliphatic rings. The molecule has 0 fully saturated rings. The Hall–Kier alpha value is -1.09. The lowest BCUT2D eigenvalue weighted by Gasteiger charge is -2.08. The third kappa shape index (κ3) is 4.65. The number of benzene rings is 1. The smallest absolute Gasteiger partial charge is 0.163 e. The van der Waals surface area contributed by atoms with Crippen molar-refractivity contribution in [1.82, 2.24) is 0 Å². The average molecular weight is 264 g/mol. The summed E-state index contributed by atoms with van der Waals surface area (Å²) in [5.41, 5.74) is 0.753. The molecule has 0 aliphatic heterocycles. The molecule has 0 amide bonds. The predicted octanol–water partition coefficient (Wildman–Crippen LogP) is 3.99. The van der Waals surface area contributed by atoms with Crippen molar-refractivity contribution < 1.29 is 9.59 Å². The number of carbonyl (C=O) groups is 2. The normalized spacial score (nSPS) is 12.5. The number of thioether (sulfide) groups is 1. The molecule has 1 atom stereocenters. The second-order valence-electron chi connectivity index (χ2n) is 4.92. The van der Waals surface area contributed by atoms with Crippen LogP contribution in [-0.4, -0.2) is 16.8 Å². The van der Waals surface area contributed by atoms with Crippen LogP contribution in [0.2, 0.25) is 0 Å². The molecule has 2 nitrogen and oxygen atoms in total. The Morgan fingerprint density at radius 1 is 1.11 bits per heavy atom. The molecule has 1 aromatic carbocycles. The van der Waals surface area contributed by atoms with Crippen LogP contribution in [0.5, 0.6) is 0 Å². The summed E-state index contributed by atoms with van der Waals surface area (Å²) in [6.45, 7) is 7.57. The van der Waals surface area contributed by atoms with E-state index in [0.29, 0.717) is 12.3 Å². The van der Waals surface area contributed by atoms with Gasteiger partial charge in [0.2, 0.25) is 0 Å². The summed E-state index contributed by atoms with van der Waals surface area (Å²) in [5.74, 6) is 0.727. The minimum absolute atomic E-state index is 0.0396. The molecule has 0 heterocycles. The van der Waals surface area contributed by atoms with Crippen molar-refractivity contribution in [3.63, 3.8) is 0 Å². The highest BCUT2D eigenvalue weighted by molar-refractivity contribution is 8.00. The Labute approximate surface area is 113 Å². The molecule has 0 spiro atoms. The van der Waals surface area contributed by atoms with Crippen LogP contribution >= 0.6 is 11.8 Å². The molecule has 1 unspecified atom stereocenters. The molecule has 3 heteroatoms. The molecule has 18 heavy (non-hydrogen) atoms. The highest BCUT2D eigenvalue weighted by Gasteiger charge is 2.11. The summed E-state index contributed by atoms with van der Waals surface area (Å²) in [5, 5.41) is -0.0396. The van der Waals surface area contributed by atoms with E-state index in [1.807, 2.05) is 45.0 Å². The van der Waals surface area contributed by atoms with Gasteiger partial charge in [0.1, 0.15) is 5.78 Å². The van der Waals surface area contributed by atoms with Crippen LogP contribution in [0.4, 0.5) is 0 Å². The molecule has 0 saturated heterocycles. The van der Waals surface area contributed by atoms with Crippen LogP contribution in [0, 0.1) is 5.92 Å². The molecule has 98 valence electrons. The van der Waals surface area contributed by atoms with Gasteiger partial charge in [0.15, 0.2) is 5.78 Å². The number of hydrogen-bond acceptors (Lipinski definition) is 3. The van der Waals surface area contributed by atoms with Gasteiger partial charge in [0.05, 0.1) is 5.25 Å². The van der Waals surface area contributed by atoms with E-state index < -0.39 is 0 Å². The van der Waals surface area contributed by atoms with E-state index in [-0.39, 0.29) is 16.8 Å². The SMILES string of the molecule is CC(=O)C(C)Sc1ccc(C(=O)CC(C)C)cc1. The number of ketones is 2. The number of Topliss-reactive ketones (excluding diaryl/α,β-unsaturated/α-hetero) is 2. The molecule has 0 N–H and O–H groups in total. The molecular formula is C15H20O2S. The Bertz CT molecular complexity index is 421. The van der Waals surface area contributed by atoms with Crippen LogP contribution in [-0.2, 0) is 4.79 Å². The van der Waals surface area contributed by atoms with E-state index in [1.54, 1.807) is 6.92 Å². The van der Waals surface area contributed by atoms with Crippen molar-refractivity contribution >= 4 is 23.3 Å². The maximum atomic E-state index is 11.8. The maximum absolute atomic E-state index is 11.8. The summed E-state index contributed by atoms with van der Waals surface area (Å²) in [6.07, 6.45) is 0.580. The summed E-state index contributed by atoms with van der Waals surface area (Å²) in [4.78, 5) is 24.0. The van der Waals surface area contributed by atoms with Crippen LogP contribution in [0.1, 0.15) is 44.5 Å². The first-order valence-corrected chi connectivity index (χ1v) is 7.08. The van der Waals surface area contributed by atoms with Gasteiger partial charge >= 0.3 is 0 Å². The van der Waals surface area contributed by atoms with Gasteiger partial charge in [-0.2, -0.15) is 0 Å². The lowest BCUT2D eigenvalue weighted by atomic mass is 10.0. The lowest BCUT2D eigenvalue weighted by Crippen LogP contribution is -2.07. The van der Waals surface area contributed by atoms with Crippen LogP contribution < -0.4 is 0 Å². The van der Waals surface area contributed by atoms with Crippen molar-refractivity contribution in [2.24, 2.45) is 5.92 Å². The zero-order valence-corrected chi connectivity index (χ0v) is 12.2. The standard InChI is InChI=1S/C15H20O2S/c1-10(2)9-15(17)13-5-7-14(8-6-13)18-12(4)11(3)16/h5-8,10,12H,9H2,1-4H3. The van der Waals surface area contributed by atoms with E-state index in [9.17, 15) is 9.59 Å². The Kier molecular flexibility index (Phi) is 5.60. The first-order chi connectivity index (χ1) is 8.40. The number of hydrogen-bond donors (Lipinski definition) is 0. The Morgan fingerprint density at radius 3 is 2.11 bits per heavy atom. The third-order valence-corrected chi connectivity index (χ3v) is 3.89. The topological polar surface area (TPSA) is 34.1 Å². The van der Waals surface area contributed by atoms with Crippen LogP contribution in [0.15, 0.2) is 29.2 Å². The third-order valence-electron chi connectivity index (χ3n) is 2.66. The number of rotatable bonds is 6. The van der Waals surface area contributed by atoms with Crippen molar-refractivity contribution in [2.75, 3.05) is 0 Å². The molecule has 1 rings (SSSR count). The lowest BCUT2D eigenvalue weighted by molar-refractivity contribution is -0.116. The molecule has 0 aliphatic carbocycles. The van der Waals surface area contributed by atoms with Gasteiger partial charge in [-0.05, 0) is 31.9 Å². The van der Waals surface area contributed by atoms with Gasteiger partial charge < -0.3 is 0 Å². The zero-order chi connectivity index (χ0) is 13.7. The molecule has 0 radical (unpaired) electrons.